The van der Waals surface area contributed by atoms with Gasteiger partial charge in [0.05, 0.1) is 0 Å². The summed E-state index contributed by atoms with van der Waals surface area (Å²) in [5.74, 6) is 0. The topological polar surface area (TPSA) is 59.9 Å². The highest BCUT2D eigenvalue weighted by atomic mass is 16.1. The highest BCUT2D eigenvalue weighted by molar-refractivity contribution is 5.34. The molecule has 1 aliphatic rings. The second-order valence-corrected chi connectivity index (χ2v) is 5.39. The number of nitrogens with zero attached hydrogens (tertiary/aromatic N) is 2. The monoisotopic (exact) mass is 279 g/mol. The Hall–Kier alpha value is -2.38. The fourth-order valence-corrected chi connectivity index (χ4v) is 2.77. The third-order valence-electron chi connectivity index (χ3n) is 3.97. The van der Waals surface area contributed by atoms with Gasteiger partial charge in [-0.2, -0.15) is 5.26 Å². The van der Waals surface area contributed by atoms with Crippen molar-refractivity contribution in [2.24, 2.45) is 0 Å². The van der Waals surface area contributed by atoms with Gasteiger partial charge < -0.3 is 4.98 Å². The summed E-state index contributed by atoms with van der Waals surface area (Å²) in [6.45, 7) is 2.74. The van der Waals surface area contributed by atoms with Crippen LogP contribution in [0.15, 0.2) is 41.2 Å². The molecule has 0 bridgehead atoms. The van der Waals surface area contributed by atoms with E-state index in [0.29, 0.717) is 0 Å². The second-order valence-electron chi connectivity index (χ2n) is 5.39. The van der Waals surface area contributed by atoms with Crippen molar-refractivity contribution in [3.63, 3.8) is 0 Å². The van der Waals surface area contributed by atoms with Crippen molar-refractivity contribution in [1.29, 1.82) is 5.26 Å². The van der Waals surface area contributed by atoms with Gasteiger partial charge in [-0.25, -0.2) is 0 Å². The van der Waals surface area contributed by atoms with E-state index in [1.54, 1.807) is 6.07 Å². The maximum absolute atomic E-state index is 11.6. The van der Waals surface area contributed by atoms with Crippen molar-refractivity contribution in [1.82, 2.24) is 9.88 Å². The molecule has 0 aliphatic carbocycles. The van der Waals surface area contributed by atoms with Crippen LogP contribution in [0.4, 0.5) is 0 Å². The van der Waals surface area contributed by atoms with Gasteiger partial charge in [-0.05, 0) is 23.6 Å². The number of rotatable bonds is 3. The predicted octanol–water partition coefficient (Wildman–Crippen LogP) is 1.85. The molecule has 1 N–H and O–H groups in total. The molecular weight excluding hydrogens is 262 g/mol. The third-order valence-corrected chi connectivity index (χ3v) is 3.97. The number of hydrogen-bond acceptors (Lipinski definition) is 3. The normalized spacial score (nSPS) is 14.4. The second kappa shape index (κ2) is 5.94. The zero-order valence-electron chi connectivity index (χ0n) is 11.8. The van der Waals surface area contributed by atoms with E-state index in [4.69, 9.17) is 5.26 Å². The van der Waals surface area contributed by atoms with E-state index in [9.17, 15) is 4.79 Å². The highest BCUT2D eigenvalue weighted by Gasteiger charge is 2.18. The number of nitrogens with one attached hydrogen (secondary N) is 1. The Bertz CT molecular complexity index is 728. The van der Waals surface area contributed by atoms with Crippen LogP contribution in [-0.4, -0.2) is 23.0 Å². The van der Waals surface area contributed by atoms with Crippen LogP contribution in [0.25, 0.3) is 0 Å². The molecule has 1 aromatic heterocycles. The summed E-state index contributed by atoms with van der Waals surface area (Å²) in [6.07, 6.45) is 1.86. The van der Waals surface area contributed by atoms with Crippen molar-refractivity contribution in [2.75, 3.05) is 13.1 Å². The molecule has 2 heterocycles. The molecule has 4 heteroatoms. The molecule has 21 heavy (non-hydrogen) atoms. The van der Waals surface area contributed by atoms with Gasteiger partial charge in [-0.1, -0.05) is 30.3 Å². The summed E-state index contributed by atoms with van der Waals surface area (Å²) >= 11 is 0. The highest BCUT2D eigenvalue weighted by Crippen LogP contribution is 2.17. The van der Waals surface area contributed by atoms with Crippen molar-refractivity contribution in [3.05, 3.63) is 69.1 Å². The summed E-state index contributed by atoms with van der Waals surface area (Å²) in [5, 5.41) is 8.95. The lowest BCUT2D eigenvalue weighted by molar-refractivity contribution is 0.255. The van der Waals surface area contributed by atoms with E-state index in [1.807, 2.05) is 12.1 Å². The lowest BCUT2D eigenvalue weighted by atomic mass is 10.0. The number of aromatic amines is 1. The van der Waals surface area contributed by atoms with E-state index in [1.165, 1.54) is 5.56 Å². The molecule has 0 saturated carbocycles. The number of aromatic nitrogens is 1. The minimum Gasteiger partial charge on any atom is -0.325 e. The van der Waals surface area contributed by atoms with Gasteiger partial charge >= 0.3 is 0 Å². The van der Waals surface area contributed by atoms with Gasteiger partial charge in [0, 0.05) is 31.7 Å². The molecule has 1 aromatic carbocycles. The molecule has 0 fully saturated rings. The Morgan fingerprint density at radius 1 is 1.29 bits per heavy atom. The van der Waals surface area contributed by atoms with Crippen LogP contribution in [0.2, 0.25) is 0 Å². The van der Waals surface area contributed by atoms with Crippen LogP contribution in [-0.2, 0) is 19.4 Å². The number of fused-ring (bicyclic) bond motifs is 1. The maximum Gasteiger partial charge on any atom is 0.266 e. The first-order chi connectivity index (χ1) is 10.3. The van der Waals surface area contributed by atoms with E-state index in [0.717, 1.165) is 43.7 Å². The minimum atomic E-state index is -0.269. The fraction of sp³-hybridized carbons (Fsp3) is 0.294. The summed E-state index contributed by atoms with van der Waals surface area (Å²) in [4.78, 5) is 16.8. The first kappa shape index (κ1) is 13.6. The number of nitriles is 1. The molecule has 4 nitrogen and oxygen atoms in total. The number of hydrogen-bond donors (Lipinski definition) is 1. The van der Waals surface area contributed by atoms with Crippen LogP contribution in [0.5, 0.6) is 0 Å². The van der Waals surface area contributed by atoms with Crippen molar-refractivity contribution in [3.8, 4) is 6.07 Å². The standard InChI is InChI=1S/C17H17N3O/c18-11-14-10-15-12-20(9-7-16(15)19-17(14)21)8-6-13-4-2-1-3-5-13/h1-5,10H,6-9,12H2,(H,19,21). The van der Waals surface area contributed by atoms with E-state index in [2.05, 4.69) is 34.1 Å². The number of pyridine rings is 1. The Morgan fingerprint density at radius 2 is 2.10 bits per heavy atom. The Balaban J connectivity index is 1.70. The molecule has 106 valence electrons. The number of benzene rings is 1. The Morgan fingerprint density at radius 3 is 2.86 bits per heavy atom. The van der Waals surface area contributed by atoms with Crippen LogP contribution >= 0.6 is 0 Å². The largest absolute Gasteiger partial charge is 0.325 e. The summed E-state index contributed by atoms with van der Waals surface area (Å²) in [6, 6.07) is 14.1. The van der Waals surface area contributed by atoms with Gasteiger partial charge in [-0.3, -0.25) is 9.69 Å². The molecule has 0 amide bonds. The summed E-state index contributed by atoms with van der Waals surface area (Å²) in [5.41, 5.74) is 3.33. The lowest BCUT2D eigenvalue weighted by Crippen LogP contribution is -2.34. The van der Waals surface area contributed by atoms with Gasteiger partial charge in [0.2, 0.25) is 0 Å². The molecule has 3 rings (SSSR count). The van der Waals surface area contributed by atoms with Crippen molar-refractivity contribution < 1.29 is 0 Å². The molecular formula is C17H17N3O. The lowest BCUT2D eigenvalue weighted by Gasteiger charge is -2.28. The molecule has 0 unspecified atom stereocenters. The van der Waals surface area contributed by atoms with Crippen LogP contribution in [0.1, 0.15) is 22.4 Å². The molecule has 0 spiro atoms. The van der Waals surface area contributed by atoms with Crippen LogP contribution in [0.3, 0.4) is 0 Å². The number of H-pyrrole nitrogens is 1. The van der Waals surface area contributed by atoms with Crippen LogP contribution in [0, 0.1) is 11.3 Å². The quantitative estimate of drug-likeness (QED) is 0.932. The van der Waals surface area contributed by atoms with Gasteiger partial charge in [-0.15, -0.1) is 0 Å². The first-order valence-corrected chi connectivity index (χ1v) is 7.18. The van der Waals surface area contributed by atoms with E-state index >= 15 is 0 Å². The molecule has 2 aromatic rings. The van der Waals surface area contributed by atoms with Gasteiger partial charge in [0.25, 0.3) is 5.56 Å². The van der Waals surface area contributed by atoms with E-state index in [-0.39, 0.29) is 11.1 Å². The summed E-state index contributed by atoms with van der Waals surface area (Å²) < 4.78 is 0. The SMILES string of the molecule is N#Cc1cc2c([nH]c1=O)CCN(CCc1ccccc1)C2. The smallest absolute Gasteiger partial charge is 0.266 e. The maximum atomic E-state index is 11.6. The predicted molar refractivity (Wildman–Crippen MR) is 80.9 cm³/mol. The first-order valence-electron chi connectivity index (χ1n) is 7.18. The molecule has 0 saturated heterocycles. The summed E-state index contributed by atoms with van der Waals surface area (Å²) in [7, 11) is 0. The molecule has 1 aliphatic heterocycles. The molecule has 0 radical (unpaired) electrons. The van der Waals surface area contributed by atoms with Crippen molar-refractivity contribution >= 4 is 0 Å². The van der Waals surface area contributed by atoms with Gasteiger partial charge in [0.15, 0.2) is 0 Å². The third kappa shape index (κ3) is 3.04. The van der Waals surface area contributed by atoms with Crippen LogP contribution < -0.4 is 5.56 Å². The van der Waals surface area contributed by atoms with Crippen molar-refractivity contribution in [2.45, 2.75) is 19.4 Å². The Kier molecular flexibility index (Phi) is 3.85. The van der Waals surface area contributed by atoms with Gasteiger partial charge in [0.1, 0.15) is 11.6 Å². The van der Waals surface area contributed by atoms with E-state index < -0.39 is 0 Å². The fourth-order valence-electron chi connectivity index (χ4n) is 2.77. The zero-order chi connectivity index (χ0) is 14.7. The minimum absolute atomic E-state index is 0.207. The average molecular weight is 279 g/mol. The zero-order valence-corrected chi connectivity index (χ0v) is 11.8. The average Bonchev–Trinajstić information content (AvgIpc) is 2.53. The Labute approximate surface area is 123 Å². The molecule has 0 atom stereocenters.